The lowest BCUT2D eigenvalue weighted by atomic mass is 10.1. The molecule has 1 aliphatic heterocycles. The van der Waals surface area contributed by atoms with Gasteiger partial charge in [0.1, 0.15) is 11.4 Å². The molecule has 0 amide bonds. The van der Waals surface area contributed by atoms with Crippen LogP contribution >= 0.6 is 0 Å². The number of nitrogens with zero attached hydrogens (tertiary/aromatic N) is 3. The third-order valence-corrected chi connectivity index (χ3v) is 4.52. The van der Waals surface area contributed by atoms with Gasteiger partial charge in [0.15, 0.2) is 0 Å². The van der Waals surface area contributed by atoms with Gasteiger partial charge in [0.05, 0.1) is 17.7 Å². The van der Waals surface area contributed by atoms with Gasteiger partial charge in [-0.3, -0.25) is 0 Å². The van der Waals surface area contributed by atoms with E-state index in [-0.39, 0.29) is 5.60 Å². The van der Waals surface area contributed by atoms with E-state index >= 15 is 0 Å². The number of anilines is 1. The second kappa shape index (κ2) is 6.41. The van der Waals surface area contributed by atoms with Crippen LogP contribution < -0.4 is 15.0 Å². The molecule has 0 fully saturated rings. The van der Waals surface area contributed by atoms with E-state index in [0.29, 0.717) is 0 Å². The Kier molecular flexibility index (Phi) is 4.09. The Bertz CT molecular complexity index is 871. The molecule has 5 nitrogen and oxygen atoms in total. The van der Waals surface area contributed by atoms with E-state index in [4.69, 9.17) is 4.74 Å². The largest absolute Gasteiger partial charge is 0.484 e. The molecule has 0 saturated carbocycles. The van der Waals surface area contributed by atoms with Gasteiger partial charge in [-0.15, -0.1) is 0 Å². The molecule has 2 aromatic heterocycles. The lowest BCUT2D eigenvalue weighted by Gasteiger charge is -2.41. The van der Waals surface area contributed by atoms with Crippen LogP contribution in [-0.4, -0.2) is 34.8 Å². The van der Waals surface area contributed by atoms with Crippen molar-refractivity contribution in [3.63, 3.8) is 0 Å². The lowest BCUT2D eigenvalue weighted by molar-refractivity contribution is 0.105. The fraction of sp³-hybridized carbons (Fsp3) is 0.350. The average Bonchev–Trinajstić information content (AvgIpc) is 3.05. The van der Waals surface area contributed by atoms with Gasteiger partial charge in [0, 0.05) is 32.0 Å². The molecule has 4 rings (SSSR count). The number of hydrogen-bond donors (Lipinski definition) is 1. The number of benzene rings is 1. The number of hydrogen-bond acceptors (Lipinski definition) is 4. The van der Waals surface area contributed by atoms with Crippen LogP contribution in [0.3, 0.4) is 0 Å². The first-order chi connectivity index (χ1) is 12.1. The molecule has 130 valence electrons. The van der Waals surface area contributed by atoms with Gasteiger partial charge in [-0.05, 0) is 49.7 Å². The summed E-state index contributed by atoms with van der Waals surface area (Å²) < 4.78 is 7.97. The molecule has 3 aromatic rings. The summed E-state index contributed by atoms with van der Waals surface area (Å²) in [4.78, 5) is 2.41. The summed E-state index contributed by atoms with van der Waals surface area (Å²) >= 11 is 0. The number of aromatic nitrogens is 2. The highest BCUT2D eigenvalue weighted by atomic mass is 16.5. The van der Waals surface area contributed by atoms with Crippen LogP contribution in [0.2, 0.25) is 0 Å². The monoisotopic (exact) mass is 336 g/mol. The molecular formula is C20H24N4O. The minimum Gasteiger partial charge on any atom is -0.484 e. The molecule has 1 aromatic carbocycles. The number of pyridine rings is 1. The Morgan fingerprint density at radius 2 is 2.08 bits per heavy atom. The molecule has 25 heavy (non-hydrogen) atoms. The smallest absolute Gasteiger partial charge is 0.143 e. The molecule has 0 saturated heterocycles. The fourth-order valence-electron chi connectivity index (χ4n) is 3.40. The molecule has 3 heterocycles. The van der Waals surface area contributed by atoms with Gasteiger partial charge in [0.2, 0.25) is 0 Å². The topological polar surface area (TPSA) is 41.8 Å². The van der Waals surface area contributed by atoms with E-state index in [9.17, 15) is 0 Å². The SMILES string of the molecule is CC1(C)CN(CCNCc2ccn3nccc3c2)c2ccccc2O1. The average molecular weight is 336 g/mol. The van der Waals surface area contributed by atoms with E-state index in [0.717, 1.165) is 37.4 Å². The number of fused-ring (bicyclic) bond motifs is 2. The molecule has 0 spiro atoms. The van der Waals surface area contributed by atoms with E-state index in [2.05, 4.69) is 59.5 Å². The number of rotatable bonds is 5. The van der Waals surface area contributed by atoms with Crippen LogP contribution in [0.1, 0.15) is 19.4 Å². The van der Waals surface area contributed by atoms with Crippen molar-refractivity contribution in [2.75, 3.05) is 24.5 Å². The Balaban J connectivity index is 1.36. The van der Waals surface area contributed by atoms with Crippen LogP contribution in [0, 0.1) is 0 Å². The van der Waals surface area contributed by atoms with Gasteiger partial charge in [-0.25, -0.2) is 4.52 Å². The fourth-order valence-corrected chi connectivity index (χ4v) is 3.40. The van der Waals surface area contributed by atoms with Crippen molar-refractivity contribution in [3.05, 3.63) is 60.4 Å². The van der Waals surface area contributed by atoms with Crippen molar-refractivity contribution >= 4 is 11.2 Å². The number of para-hydroxylation sites is 2. The van der Waals surface area contributed by atoms with Crippen LogP contribution in [-0.2, 0) is 6.54 Å². The van der Waals surface area contributed by atoms with Gasteiger partial charge >= 0.3 is 0 Å². The Morgan fingerprint density at radius 3 is 3.00 bits per heavy atom. The van der Waals surface area contributed by atoms with Gasteiger partial charge in [-0.2, -0.15) is 5.10 Å². The predicted octanol–water partition coefficient (Wildman–Crippen LogP) is 3.10. The van der Waals surface area contributed by atoms with Crippen LogP contribution in [0.4, 0.5) is 5.69 Å². The van der Waals surface area contributed by atoms with E-state index in [1.165, 1.54) is 11.3 Å². The summed E-state index contributed by atoms with van der Waals surface area (Å²) in [6, 6.07) is 14.6. The Hall–Kier alpha value is -2.53. The standard InChI is InChI=1S/C20H24N4O/c1-20(2)15-23(18-5-3-4-6-19(18)25-20)12-10-21-14-16-8-11-24-17(13-16)7-9-22-24/h3-9,11,13,21H,10,12,14-15H2,1-2H3. The van der Waals surface area contributed by atoms with Crippen molar-refractivity contribution in [1.29, 1.82) is 0 Å². The maximum atomic E-state index is 6.09. The summed E-state index contributed by atoms with van der Waals surface area (Å²) in [5.41, 5.74) is 3.42. The van der Waals surface area contributed by atoms with Crippen molar-refractivity contribution in [2.24, 2.45) is 0 Å². The summed E-state index contributed by atoms with van der Waals surface area (Å²) in [5, 5.41) is 7.78. The van der Waals surface area contributed by atoms with E-state index < -0.39 is 0 Å². The summed E-state index contributed by atoms with van der Waals surface area (Å²) in [6.07, 6.45) is 3.83. The lowest BCUT2D eigenvalue weighted by Crippen LogP contribution is -2.48. The zero-order valence-corrected chi connectivity index (χ0v) is 14.8. The molecule has 5 heteroatoms. The maximum absolute atomic E-state index is 6.09. The molecule has 0 aliphatic carbocycles. The highest BCUT2D eigenvalue weighted by molar-refractivity contribution is 5.60. The van der Waals surface area contributed by atoms with E-state index in [1.807, 2.05) is 29.0 Å². The quantitative estimate of drug-likeness (QED) is 0.727. The number of nitrogens with one attached hydrogen (secondary N) is 1. The third-order valence-electron chi connectivity index (χ3n) is 4.52. The normalized spacial score (nSPS) is 15.8. The molecule has 0 unspecified atom stereocenters. The molecule has 1 N–H and O–H groups in total. The zero-order valence-electron chi connectivity index (χ0n) is 14.8. The first-order valence-corrected chi connectivity index (χ1v) is 8.77. The Labute approximate surface area is 148 Å². The van der Waals surface area contributed by atoms with Crippen molar-refractivity contribution in [2.45, 2.75) is 26.0 Å². The molecule has 0 atom stereocenters. The van der Waals surface area contributed by atoms with Gasteiger partial charge < -0.3 is 15.0 Å². The van der Waals surface area contributed by atoms with Gasteiger partial charge in [0.25, 0.3) is 0 Å². The van der Waals surface area contributed by atoms with Crippen LogP contribution in [0.25, 0.3) is 5.52 Å². The summed E-state index contributed by atoms with van der Waals surface area (Å²) in [6.45, 7) is 7.92. The minimum atomic E-state index is -0.165. The first kappa shape index (κ1) is 16.0. The summed E-state index contributed by atoms with van der Waals surface area (Å²) in [5.74, 6) is 0.977. The second-order valence-electron chi connectivity index (χ2n) is 7.16. The predicted molar refractivity (Wildman–Crippen MR) is 100 cm³/mol. The first-order valence-electron chi connectivity index (χ1n) is 8.77. The van der Waals surface area contributed by atoms with E-state index in [1.54, 1.807) is 0 Å². The maximum Gasteiger partial charge on any atom is 0.143 e. The molecule has 1 aliphatic rings. The molecule has 0 radical (unpaired) electrons. The third kappa shape index (κ3) is 3.46. The van der Waals surface area contributed by atoms with Crippen molar-refractivity contribution < 1.29 is 4.74 Å². The highest BCUT2D eigenvalue weighted by Crippen LogP contribution is 2.36. The Morgan fingerprint density at radius 1 is 1.20 bits per heavy atom. The van der Waals surface area contributed by atoms with Crippen LogP contribution in [0.15, 0.2) is 54.9 Å². The molecular weight excluding hydrogens is 312 g/mol. The minimum absolute atomic E-state index is 0.165. The van der Waals surface area contributed by atoms with Gasteiger partial charge in [-0.1, -0.05) is 12.1 Å². The summed E-state index contributed by atoms with van der Waals surface area (Å²) in [7, 11) is 0. The number of ether oxygens (including phenoxy) is 1. The molecule has 0 bridgehead atoms. The zero-order chi connectivity index (χ0) is 17.3. The van der Waals surface area contributed by atoms with Crippen LogP contribution in [0.5, 0.6) is 5.75 Å². The second-order valence-corrected chi connectivity index (χ2v) is 7.16. The van der Waals surface area contributed by atoms with Crippen molar-refractivity contribution in [3.8, 4) is 5.75 Å². The highest BCUT2D eigenvalue weighted by Gasteiger charge is 2.30. The van der Waals surface area contributed by atoms with Crippen molar-refractivity contribution in [1.82, 2.24) is 14.9 Å².